The smallest absolute Gasteiger partial charge is 0.192 e. The summed E-state index contributed by atoms with van der Waals surface area (Å²) in [7, 11) is -1.64. The number of hydrogen-bond donors (Lipinski definition) is 0. The molecule has 0 fully saturated rings. The lowest BCUT2D eigenvalue weighted by atomic mass is 10.1. The molecule has 0 heterocycles. The highest BCUT2D eigenvalue weighted by atomic mass is 127. The van der Waals surface area contributed by atoms with Crippen LogP contribution in [0.4, 0.5) is 0 Å². The average Bonchev–Trinajstić information content (AvgIpc) is 2.11. The van der Waals surface area contributed by atoms with Crippen LogP contribution in [0.15, 0.2) is 12.7 Å². The Bertz CT molecular complexity index is 208. The van der Waals surface area contributed by atoms with Gasteiger partial charge in [-0.05, 0) is 24.1 Å². The van der Waals surface area contributed by atoms with E-state index in [1.165, 1.54) is 0 Å². The lowest BCUT2D eigenvalue weighted by Gasteiger charge is -2.39. The first-order chi connectivity index (χ1) is 6.65. The number of rotatable bonds is 5. The molecule has 0 saturated heterocycles. The van der Waals surface area contributed by atoms with Crippen molar-refractivity contribution in [2.24, 2.45) is 5.92 Å². The van der Waals surface area contributed by atoms with Crippen molar-refractivity contribution in [3.05, 3.63) is 12.7 Å². The molecule has 0 unspecified atom stereocenters. The summed E-state index contributed by atoms with van der Waals surface area (Å²) in [5, 5.41) is 0.277. The molecule has 2 atom stereocenters. The minimum absolute atomic E-state index is 0.211. The molecule has 0 aliphatic carbocycles. The summed E-state index contributed by atoms with van der Waals surface area (Å²) in [4.78, 5) is 0. The van der Waals surface area contributed by atoms with Crippen molar-refractivity contribution in [1.82, 2.24) is 0 Å². The summed E-state index contributed by atoms with van der Waals surface area (Å²) >= 11 is 2.41. The van der Waals surface area contributed by atoms with E-state index < -0.39 is 8.32 Å². The van der Waals surface area contributed by atoms with Crippen LogP contribution >= 0.6 is 22.6 Å². The predicted molar refractivity (Wildman–Crippen MR) is 80.3 cm³/mol. The normalized spacial score (nSPS) is 17.3. The molecule has 0 aliphatic heterocycles. The second kappa shape index (κ2) is 5.82. The Hall–Kier alpha value is 0.647. The van der Waals surface area contributed by atoms with Crippen LogP contribution in [-0.4, -0.2) is 18.8 Å². The SMILES string of the molecule is C=C[C@@H](O[Si](C)(C)C(C)(C)C)[C@H](C)CI. The first kappa shape index (κ1) is 15.6. The molecular formula is C12H25IOSi. The van der Waals surface area contributed by atoms with Crippen molar-refractivity contribution < 1.29 is 4.43 Å². The third-order valence-corrected chi connectivity index (χ3v) is 9.14. The van der Waals surface area contributed by atoms with Crippen molar-refractivity contribution in [3.63, 3.8) is 0 Å². The van der Waals surface area contributed by atoms with E-state index in [0.29, 0.717) is 5.92 Å². The highest BCUT2D eigenvalue weighted by molar-refractivity contribution is 14.1. The summed E-state index contributed by atoms with van der Waals surface area (Å²) in [6.45, 7) is 17.5. The van der Waals surface area contributed by atoms with Crippen molar-refractivity contribution in [1.29, 1.82) is 0 Å². The Balaban J connectivity index is 4.61. The van der Waals surface area contributed by atoms with Gasteiger partial charge < -0.3 is 4.43 Å². The number of halogens is 1. The van der Waals surface area contributed by atoms with Gasteiger partial charge in [0, 0.05) is 4.43 Å². The molecule has 0 spiro atoms. The molecule has 0 bridgehead atoms. The van der Waals surface area contributed by atoms with Crippen LogP contribution in [0, 0.1) is 5.92 Å². The zero-order chi connectivity index (χ0) is 12.3. The molecule has 0 N–H and O–H groups in total. The summed E-state index contributed by atoms with van der Waals surface area (Å²) in [6, 6.07) is 0. The molecule has 15 heavy (non-hydrogen) atoms. The summed E-state index contributed by atoms with van der Waals surface area (Å²) in [6.07, 6.45) is 2.17. The molecule has 0 aromatic heterocycles. The van der Waals surface area contributed by atoms with Gasteiger partial charge in [0.25, 0.3) is 0 Å². The van der Waals surface area contributed by atoms with Gasteiger partial charge in [-0.2, -0.15) is 0 Å². The van der Waals surface area contributed by atoms with E-state index in [9.17, 15) is 0 Å². The van der Waals surface area contributed by atoms with E-state index in [2.05, 4.69) is 70.0 Å². The first-order valence-corrected chi connectivity index (χ1v) is 9.95. The highest BCUT2D eigenvalue weighted by Crippen LogP contribution is 2.38. The quantitative estimate of drug-likeness (QED) is 0.307. The molecule has 90 valence electrons. The number of alkyl halides is 1. The van der Waals surface area contributed by atoms with Crippen LogP contribution < -0.4 is 0 Å². The van der Waals surface area contributed by atoms with Crippen molar-refractivity contribution in [2.45, 2.75) is 51.9 Å². The van der Waals surface area contributed by atoms with E-state index in [1.54, 1.807) is 0 Å². The van der Waals surface area contributed by atoms with Crippen LogP contribution in [-0.2, 0) is 4.43 Å². The lowest BCUT2D eigenvalue weighted by molar-refractivity contribution is 0.181. The molecule has 0 amide bonds. The molecule has 1 nitrogen and oxygen atoms in total. The largest absolute Gasteiger partial charge is 0.410 e. The standard InChI is InChI=1S/C12H25IOSi/c1-8-11(10(2)9-13)14-15(6,7)12(3,4)5/h8,10-11H,1,9H2,2-7H3/t10-,11-/m1/s1. The molecule has 0 rings (SSSR count). The summed E-state index contributed by atoms with van der Waals surface area (Å²) in [5.74, 6) is 0.553. The molecule has 0 aromatic rings. The second-order valence-corrected chi connectivity index (χ2v) is 11.3. The van der Waals surface area contributed by atoms with Gasteiger partial charge in [-0.1, -0.05) is 56.4 Å². The zero-order valence-electron chi connectivity index (χ0n) is 10.9. The van der Waals surface area contributed by atoms with E-state index >= 15 is 0 Å². The van der Waals surface area contributed by atoms with Crippen LogP contribution in [0.3, 0.4) is 0 Å². The van der Waals surface area contributed by atoms with E-state index in [0.717, 1.165) is 4.43 Å². The minimum Gasteiger partial charge on any atom is -0.410 e. The fraction of sp³-hybridized carbons (Fsp3) is 0.833. The Morgan fingerprint density at radius 2 is 1.87 bits per heavy atom. The topological polar surface area (TPSA) is 9.23 Å². The van der Waals surface area contributed by atoms with E-state index in [-0.39, 0.29) is 11.1 Å². The lowest BCUT2D eigenvalue weighted by Crippen LogP contribution is -2.45. The Morgan fingerprint density at radius 1 is 1.40 bits per heavy atom. The summed E-state index contributed by atoms with van der Waals surface area (Å²) < 4.78 is 7.43. The van der Waals surface area contributed by atoms with Gasteiger partial charge in [0.1, 0.15) is 0 Å². The molecule has 3 heteroatoms. The van der Waals surface area contributed by atoms with Crippen molar-refractivity contribution in [2.75, 3.05) is 4.43 Å². The van der Waals surface area contributed by atoms with Gasteiger partial charge in [-0.3, -0.25) is 0 Å². The molecule has 0 aliphatic rings. The zero-order valence-corrected chi connectivity index (χ0v) is 14.1. The van der Waals surface area contributed by atoms with Gasteiger partial charge in [-0.15, -0.1) is 6.58 Å². The van der Waals surface area contributed by atoms with Gasteiger partial charge in [-0.25, -0.2) is 0 Å². The van der Waals surface area contributed by atoms with E-state index in [1.807, 2.05) is 6.08 Å². The van der Waals surface area contributed by atoms with Gasteiger partial charge >= 0.3 is 0 Å². The fourth-order valence-corrected chi connectivity index (χ4v) is 2.87. The van der Waals surface area contributed by atoms with Crippen LogP contribution in [0.2, 0.25) is 18.1 Å². The Morgan fingerprint density at radius 3 is 2.13 bits per heavy atom. The summed E-state index contributed by atoms with van der Waals surface area (Å²) in [5.41, 5.74) is 0. The molecule has 0 radical (unpaired) electrons. The second-order valence-electron chi connectivity index (χ2n) is 5.71. The van der Waals surface area contributed by atoms with Gasteiger partial charge in [0.05, 0.1) is 6.10 Å². The molecule has 0 saturated carbocycles. The monoisotopic (exact) mass is 340 g/mol. The van der Waals surface area contributed by atoms with Crippen LogP contribution in [0.25, 0.3) is 0 Å². The van der Waals surface area contributed by atoms with Crippen LogP contribution in [0.5, 0.6) is 0 Å². The number of hydrogen-bond acceptors (Lipinski definition) is 1. The van der Waals surface area contributed by atoms with E-state index in [4.69, 9.17) is 4.43 Å². The van der Waals surface area contributed by atoms with Crippen molar-refractivity contribution >= 4 is 30.9 Å². The van der Waals surface area contributed by atoms with Crippen molar-refractivity contribution in [3.8, 4) is 0 Å². The maximum Gasteiger partial charge on any atom is 0.192 e. The third-order valence-electron chi connectivity index (χ3n) is 3.27. The third kappa shape index (κ3) is 4.57. The Labute approximate surface area is 110 Å². The Kier molecular flexibility index (Phi) is 6.07. The predicted octanol–water partition coefficient (Wildman–Crippen LogP) is 4.63. The molecular weight excluding hydrogens is 315 g/mol. The average molecular weight is 340 g/mol. The highest BCUT2D eigenvalue weighted by Gasteiger charge is 2.39. The van der Waals surface area contributed by atoms with Crippen LogP contribution in [0.1, 0.15) is 27.7 Å². The van der Waals surface area contributed by atoms with Gasteiger partial charge in [0.2, 0.25) is 0 Å². The maximum atomic E-state index is 6.32. The molecule has 0 aromatic carbocycles. The minimum atomic E-state index is -1.64. The first-order valence-electron chi connectivity index (χ1n) is 5.52. The van der Waals surface area contributed by atoms with Gasteiger partial charge in [0.15, 0.2) is 8.32 Å². The maximum absolute atomic E-state index is 6.32. The fourth-order valence-electron chi connectivity index (χ4n) is 1.00.